The number of amides is 4. The molecule has 1 aromatic heterocycles. The van der Waals surface area contributed by atoms with E-state index in [9.17, 15) is 28.8 Å². The molecule has 15 nitrogen and oxygen atoms in total. The molecule has 0 saturated heterocycles. The molecule has 0 radical (unpaired) electrons. The van der Waals surface area contributed by atoms with Gasteiger partial charge in [0.2, 0.25) is 23.6 Å². The first-order valence-electron chi connectivity index (χ1n) is 9.92. The van der Waals surface area contributed by atoms with E-state index >= 15 is 0 Å². The fourth-order valence-corrected chi connectivity index (χ4v) is 2.93. The van der Waals surface area contributed by atoms with Gasteiger partial charge in [-0.05, 0) is 6.42 Å². The molecule has 0 aliphatic heterocycles. The summed E-state index contributed by atoms with van der Waals surface area (Å²) in [4.78, 5) is 77.7. The summed E-state index contributed by atoms with van der Waals surface area (Å²) < 4.78 is 0. The number of aliphatic carboxylic acids is 2. The van der Waals surface area contributed by atoms with Gasteiger partial charge >= 0.3 is 11.9 Å². The van der Waals surface area contributed by atoms with Crippen molar-refractivity contribution < 1.29 is 39.0 Å². The number of hydrogen-bond acceptors (Lipinski definition) is 9. The molecule has 0 bridgehead atoms. The van der Waals surface area contributed by atoms with Gasteiger partial charge in [0.25, 0.3) is 0 Å². The van der Waals surface area contributed by atoms with Crippen LogP contribution >= 0.6 is 12.6 Å². The highest BCUT2D eigenvalue weighted by Gasteiger charge is 2.31. The second-order valence-electron chi connectivity index (χ2n) is 7.19. The molecule has 0 aromatic carbocycles. The van der Waals surface area contributed by atoms with Gasteiger partial charge in [-0.15, -0.1) is 0 Å². The van der Waals surface area contributed by atoms with Crippen LogP contribution in [0.2, 0.25) is 0 Å². The van der Waals surface area contributed by atoms with Crippen LogP contribution in [0.1, 0.15) is 25.0 Å². The van der Waals surface area contributed by atoms with E-state index in [0.29, 0.717) is 5.69 Å². The monoisotopic (exact) mass is 501 g/mol. The molecule has 0 aliphatic rings. The Morgan fingerprint density at radius 1 is 1.00 bits per heavy atom. The number of aromatic amines is 1. The molecule has 0 fully saturated rings. The average molecular weight is 502 g/mol. The molecule has 0 aliphatic carbocycles. The third kappa shape index (κ3) is 9.86. The third-order valence-corrected chi connectivity index (χ3v) is 4.81. The fourth-order valence-electron chi connectivity index (χ4n) is 2.68. The van der Waals surface area contributed by atoms with Gasteiger partial charge in [-0.25, -0.2) is 9.78 Å². The Morgan fingerprint density at radius 2 is 1.59 bits per heavy atom. The summed E-state index contributed by atoms with van der Waals surface area (Å²) in [6.07, 6.45) is 1.33. The molecule has 10 N–H and O–H groups in total. The fraction of sp³-hybridized carbons (Fsp3) is 0.500. The first-order valence-corrected chi connectivity index (χ1v) is 10.6. The molecular formula is C18H27N7O8S. The number of rotatable bonds is 15. The van der Waals surface area contributed by atoms with E-state index in [4.69, 9.17) is 21.7 Å². The normalized spacial score (nSPS) is 14.2. The Bertz CT molecular complexity index is 895. The van der Waals surface area contributed by atoms with E-state index in [1.807, 2.05) is 0 Å². The molecule has 188 valence electrons. The summed E-state index contributed by atoms with van der Waals surface area (Å²) in [5, 5.41) is 24.6. The highest BCUT2D eigenvalue weighted by atomic mass is 32.1. The number of carbonyl (C=O) groups is 6. The topological polar surface area (TPSA) is 260 Å². The van der Waals surface area contributed by atoms with Crippen molar-refractivity contribution in [1.29, 1.82) is 0 Å². The maximum Gasteiger partial charge on any atom is 0.327 e. The second kappa shape index (κ2) is 13.8. The molecule has 0 spiro atoms. The predicted octanol–water partition coefficient (Wildman–Crippen LogP) is -3.51. The van der Waals surface area contributed by atoms with E-state index in [1.54, 1.807) is 0 Å². The minimum Gasteiger partial charge on any atom is -0.481 e. The van der Waals surface area contributed by atoms with Gasteiger partial charge in [0.1, 0.15) is 18.1 Å². The first kappa shape index (κ1) is 28.4. The second-order valence-corrected chi connectivity index (χ2v) is 7.56. The summed E-state index contributed by atoms with van der Waals surface area (Å²) in [5.41, 5.74) is 11.5. The Kier molecular flexibility index (Phi) is 11.5. The van der Waals surface area contributed by atoms with Crippen molar-refractivity contribution in [3.05, 3.63) is 18.2 Å². The van der Waals surface area contributed by atoms with Gasteiger partial charge in [0.05, 0.1) is 18.8 Å². The maximum absolute atomic E-state index is 12.8. The van der Waals surface area contributed by atoms with Crippen molar-refractivity contribution in [3.8, 4) is 0 Å². The van der Waals surface area contributed by atoms with Crippen LogP contribution in [0.25, 0.3) is 0 Å². The van der Waals surface area contributed by atoms with Gasteiger partial charge in [0.15, 0.2) is 0 Å². The molecule has 1 heterocycles. The van der Waals surface area contributed by atoms with Gasteiger partial charge in [-0.3, -0.25) is 24.0 Å². The molecule has 1 aromatic rings. The molecule has 1 rings (SSSR count). The van der Waals surface area contributed by atoms with E-state index in [1.165, 1.54) is 12.5 Å². The van der Waals surface area contributed by atoms with Crippen molar-refractivity contribution in [2.75, 3.05) is 5.75 Å². The van der Waals surface area contributed by atoms with Crippen LogP contribution in [0.3, 0.4) is 0 Å². The zero-order chi connectivity index (χ0) is 25.8. The highest BCUT2D eigenvalue weighted by Crippen LogP contribution is 2.04. The minimum atomic E-state index is -1.59. The van der Waals surface area contributed by atoms with E-state index in [-0.39, 0.29) is 18.6 Å². The number of carbonyl (C=O) groups excluding carboxylic acids is 4. The standard InChI is InChI=1S/C18H27N7O8S/c19-9(3-8-5-21-7-22-8)15(29)23-10(1-2-14(27)28)16(30)24-11(4-13(20)26)17(31)25-12(6-34)18(32)33/h5,7,9-12,34H,1-4,6,19H2,(H2,20,26)(H,21,22)(H,23,29)(H,24,30)(H,25,31)(H,27,28)(H,32,33). The SMILES string of the molecule is NC(=O)CC(NC(=O)C(CCC(=O)O)NC(=O)C(N)Cc1cnc[nH]1)C(=O)NC(CS)C(=O)O. The molecular weight excluding hydrogens is 474 g/mol. The van der Waals surface area contributed by atoms with Crippen LogP contribution in [0, 0.1) is 0 Å². The lowest BCUT2D eigenvalue weighted by Gasteiger charge is -2.24. The number of aromatic nitrogens is 2. The summed E-state index contributed by atoms with van der Waals surface area (Å²) >= 11 is 3.81. The lowest BCUT2D eigenvalue weighted by molar-refractivity contribution is -0.141. The number of imidazole rings is 1. The van der Waals surface area contributed by atoms with Crippen LogP contribution in [-0.2, 0) is 35.2 Å². The van der Waals surface area contributed by atoms with Crippen LogP contribution in [-0.4, -0.2) is 85.7 Å². The Labute approximate surface area is 198 Å². The Morgan fingerprint density at radius 3 is 2.09 bits per heavy atom. The van der Waals surface area contributed by atoms with Crippen LogP contribution < -0.4 is 27.4 Å². The van der Waals surface area contributed by atoms with E-state index in [2.05, 4.69) is 38.5 Å². The number of nitrogens with zero attached hydrogens (tertiary/aromatic N) is 1. The summed E-state index contributed by atoms with van der Waals surface area (Å²) in [7, 11) is 0. The molecule has 0 saturated carbocycles. The number of hydrogen-bond donors (Lipinski definition) is 9. The zero-order valence-corrected chi connectivity index (χ0v) is 18.8. The molecule has 16 heteroatoms. The lowest BCUT2D eigenvalue weighted by Crippen LogP contribution is -2.58. The van der Waals surface area contributed by atoms with Gasteiger partial charge < -0.3 is 42.6 Å². The average Bonchev–Trinajstić information content (AvgIpc) is 3.26. The number of carboxylic acid groups (broad SMARTS) is 2. The highest BCUT2D eigenvalue weighted by molar-refractivity contribution is 7.80. The number of H-pyrrole nitrogens is 1. The van der Waals surface area contributed by atoms with Crippen molar-refractivity contribution in [1.82, 2.24) is 25.9 Å². The molecule has 4 unspecified atom stereocenters. The quantitative estimate of drug-likeness (QED) is 0.107. The van der Waals surface area contributed by atoms with E-state index in [0.717, 1.165) is 0 Å². The van der Waals surface area contributed by atoms with Crippen molar-refractivity contribution in [2.45, 2.75) is 49.9 Å². The number of primary amides is 1. The minimum absolute atomic E-state index is 0.0477. The Balaban J connectivity index is 2.95. The smallest absolute Gasteiger partial charge is 0.327 e. The maximum atomic E-state index is 12.8. The van der Waals surface area contributed by atoms with Crippen LogP contribution in [0.4, 0.5) is 0 Å². The van der Waals surface area contributed by atoms with Crippen LogP contribution in [0.15, 0.2) is 12.5 Å². The molecule has 34 heavy (non-hydrogen) atoms. The van der Waals surface area contributed by atoms with Crippen LogP contribution in [0.5, 0.6) is 0 Å². The van der Waals surface area contributed by atoms with Gasteiger partial charge in [-0.2, -0.15) is 12.6 Å². The largest absolute Gasteiger partial charge is 0.481 e. The number of carboxylic acids is 2. The number of thiol groups is 1. The van der Waals surface area contributed by atoms with E-state index < -0.39 is 72.6 Å². The first-order chi connectivity index (χ1) is 15.9. The molecule has 4 atom stereocenters. The molecule has 4 amide bonds. The summed E-state index contributed by atoms with van der Waals surface area (Å²) in [6, 6.07) is -5.54. The van der Waals surface area contributed by atoms with Gasteiger partial charge in [0, 0.05) is 30.5 Å². The third-order valence-electron chi connectivity index (χ3n) is 4.45. The number of nitrogens with two attached hydrogens (primary N) is 2. The summed E-state index contributed by atoms with van der Waals surface area (Å²) in [6.45, 7) is 0. The van der Waals surface area contributed by atoms with Crippen molar-refractivity contribution in [2.24, 2.45) is 11.5 Å². The zero-order valence-electron chi connectivity index (χ0n) is 17.9. The van der Waals surface area contributed by atoms with Crippen molar-refractivity contribution in [3.63, 3.8) is 0 Å². The summed E-state index contributed by atoms with van der Waals surface area (Å²) in [5.74, 6) is -6.72. The van der Waals surface area contributed by atoms with Gasteiger partial charge in [-0.1, -0.05) is 0 Å². The van der Waals surface area contributed by atoms with Crippen molar-refractivity contribution >= 4 is 48.2 Å². The number of nitrogens with one attached hydrogen (secondary N) is 4. The predicted molar refractivity (Wildman–Crippen MR) is 118 cm³/mol. The Hall–Kier alpha value is -3.66. The lowest BCUT2D eigenvalue weighted by atomic mass is 10.1.